The number of hydrogen-bond donors (Lipinski definition) is 0. The fourth-order valence-electron chi connectivity index (χ4n) is 1.85. The molecule has 9 heteroatoms. The average molecular weight is 344 g/mol. The third-order valence-electron chi connectivity index (χ3n) is 2.71. The molecule has 0 spiro atoms. The zero-order valence-electron chi connectivity index (χ0n) is 12.7. The van der Waals surface area contributed by atoms with Crippen molar-refractivity contribution in [3.05, 3.63) is 0 Å². The Bertz CT molecular complexity index is 206. The zero-order valence-corrected chi connectivity index (χ0v) is 13.7. The maximum Gasteiger partial charge on any atom is 0.673 e. The largest absolute Gasteiger partial charge is 0.673 e. The first-order chi connectivity index (χ1) is 9.58. The van der Waals surface area contributed by atoms with Crippen molar-refractivity contribution < 1.29 is 30.4 Å². The zero-order chi connectivity index (χ0) is 17.1. The van der Waals surface area contributed by atoms with E-state index in [1.165, 1.54) is 0 Å². The fraction of sp³-hybridized carbons (Fsp3) is 1.00. The molecule has 0 heterocycles. The standard InChI is InChI=1S/C12H24F3P.BF4/c1-4-7-10(13)16(11(14)8-5-2)12(15)9-6-3;2-1(3,4)5/h10-12H,4-9H2,1-3H3;/q;-1/p+1. The molecule has 0 bridgehead atoms. The molecular weight excluding hydrogens is 319 g/mol. The third kappa shape index (κ3) is 14.7. The van der Waals surface area contributed by atoms with Crippen molar-refractivity contribution in [2.24, 2.45) is 0 Å². The van der Waals surface area contributed by atoms with Crippen molar-refractivity contribution >= 4 is 15.2 Å². The van der Waals surface area contributed by atoms with Crippen LogP contribution in [0.3, 0.4) is 0 Å². The lowest BCUT2D eigenvalue weighted by Crippen LogP contribution is -2.15. The summed E-state index contributed by atoms with van der Waals surface area (Å²) in [7, 11) is -8.17. The predicted molar refractivity (Wildman–Crippen MR) is 77.9 cm³/mol. The topological polar surface area (TPSA) is 0 Å². The maximum atomic E-state index is 13.8. The van der Waals surface area contributed by atoms with E-state index in [-0.39, 0.29) is 0 Å². The Kier molecular flexibility index (Phi) is 13.9. The van der Waals surface area contributed by atoms with Gasteiger partial charge in [-0.05, 0) is 19.3 Å². The van der Waals surface area contributed by atoms with Gasteiger partial charge in [0.05, 0.1) is 0 Å². The molecule has 0 aliphatic heterocycles. The van der Waals surface area contributed by atoms with Crippen LogP contribution in [0.25, 0.3) is 0 Å². The highest BCUT2D eigenvalue weighted by Gasteiger charge is 2.42. The van der Waals surface area contributed by atoms with E-state index in [2.05, 4.69) is 0 Å². The molecule has 0 radical (unpaired) electrons. The SMILES string of the molecule is CCCC(F)[PH+](C(F)CCC)C(F)CCC.F[B-](F)(F)F. The lowest BCUT2D eigenvalue weighted by Gasteiger charge is -2.20. The number of halogens is 7. The van der Waals surface area contributed by atoms with Gasteiger partial charge >= 0.3 is 7.25 Å². The number of hydrogen-bond acceptors (Lipinski definition) is 0. The van der Waals surface area contributed by atoms with Crippen LogP contribution in [0.2, 0.25) is 0 Å². The summed E-state index contributed by atoms with van der Waals surface area (Å²) in [5.41, 5.74) is 0. The van der Waals surface area contributed by atoms with E-state index >= 15 is 0 Å². The highest BCUT2D eigenvalue weighted by Crippen LogP contribution is 2.56. The summed E-state index contributed by atoms with van der Waals surface area (Å²) in [5, 5.41) is 0. The van der Waals surface area contributed by atoms with Gasteiger partial charge in [0.15, 0.2) is 0 Å². The first-order valence-electron chi connectivity index (χ1n) is 7.24. The lowest BCUT2D eigenvalue weighted by molar-refractivity contribution is 0.341. The molecule has 0 aliphatic rings. The van der Waals surface area contributed by atoms with Gasteiger partial charge in [0.1, 0.15) is 7.92 Å². The van der Waals surface area contributed by atoms with E-state index in [4.69, 9.17) is 0 Å². The molecule has 0 aromatic heterocycles. The van der Waals surface area contributed by atoms with Gasteiger partial charge in [-0.2, -0.15) is 0 Å². The summed E-state index contributed by atoms with van der Waals surface area (Å²) in [6, 6.07) is 0. The van der Waals surface area contributed by atoms with Crippen LogP contribution in [-0.2, 0) is 0 Å². The molecule has 0 aromatic carbocycles. The smallest absolute Gasteiger partial charge is 0.418 e. The minimum atomic E-state index is -6.00. The second kappa shape index (κ2) is 12.5. The van der Waals surface area contributed by atoms with Gasteiger partial charge in [-0.25, -0.2) is 13.2 Å². The Morgan fingerprint density at radius 1 is 0.667 bits per heavy atom. The highest BCUT2D eigenvalue weighted by molar-refractivity contribution is 7.59. The lowest BCUT2D eigenvalue weighted by atomic mass is 10.3. The molecule has 0 amide bonds. The van der Waals surface area contributed by atoms with Gasteiger partial charge < -0.3 is 17.3 Å². The normalized spacial score (nSPS) is 17.4. The van der Waals surface area contributed by atoms with Crippen molar-refractivity contribution in [1.82, 2.24) is 0 Å². The summed E-state index contributed by atoms with van der Waals surface area (Å²) in [5.74, 6) is -3.71. The molecule has 0 aliphatic carbocycles. The molecule has 0 rings (SSSR count). The molecule has 0 N–H and O–H groups in total. The molecule has 0 saturated carbocycles. The van der Waals surface area contributed by atoms with Crippen LogP contribution in [0.1, 0.15) is 59.3 Å². The van der Waals surface area contributed by atoms with E-state index in [9.17, 15) is 30.4 Å². The molecule has 0 aromatic rings. The molecule has 3 unspecified atom stereocenters. The van der Waals surface area contributed by atoms with Crippen LogP contribution in [0.15, 0.2) is 0 Å². The van der Waals surface area contributed by atoms with Crippen LogP contribution in [0.4, 0.5) is 30.4 Å². The Hall–Kier alpha value is 0.00494. The van der Waals surface area contributed by atoms with Gasteiger partial charge in [0.25, 0.3) is 0 Å². The monoisotopic (exact) mass is 344 g/mol. The van der Waals surface area contributed by atoms with E-state index in [1.807, 2.05) is 20.8 Å². The minimum Gasteiger partial charge on any atom is -0.418 e. The molecule has 130 valence electrons. The second-order valence-corrected chi connectivity index (χ2v) is 7.64. The first-order valence-corrected chi connectivity index (χ1v) is 8.97. The van der Waals surface area contributed by atoms with Crippen molar-refractivity contribution in [1.29, 1.82) is 0 Å². The van der Waals surface area contributed by atoms with Crippen molar-refractivity contribution in [2.45, 2.75) is 77.0 Å². The summed E-state index contributed by atoms with van der Waals surface area (Å²) < 4.78 is 80.3. The van der Waals surface area contributed by atoms with Gasteiger partial charge in [-0.1, -0.05) is 20.8 Å². The Labute approximate surface area is 123 Å². The molecule has 0 nitrogen and oxygen atoms in total. The predicted octanol–water partition coefficient (Wildman–Crippen LogP) is 6.79. The Morgan fingerprint density at radius 2 is 0.857 bits per heavy atom. The Morgan fingerprint density at radius 3 is 1.00 bits per heavy atom. The molecule has 0 saturated heterocycles. The van der Waals surface area contributed by atoms with Gasteiger partial charge in [0, 0.05) is 19.3 Å². The van der Waals surface area contributed by atoms with Gasteiger partial charge in [0.2, 0.25) is 17.7 Å². The van der Waals surface area contributed by atoms with Crippen molar-refractivity contribution in [2.75, 3.05) is 0 Å². The molecule has 21 heavy (non-hydrogen) atoms. The van der Waals surface area contributed by atoms with Crippen molar-refractivity contribution in [3.63, 3.8) is 0 Å². The number of alkyl halides is 3. The van der Waals surface area contributed by atoms with E-state index in [0.717, 1.165) is 0 Å². The summed E-state index contributed by atoms with van der Waals surface area (Å²) in [4.78, 5) is 0. The second-order valence-electron chi connectivity index (χ2n) is 4.76. The quantitative estimate of drug-likeness (QED) is 0.245. The first kappa shape index (κ1) is 23.3. The average Bonchev–Trinajstić information content (AvgIpc) is 2.27. The summed E-state index contributed by atoms with van der Waals surface area (Å²) >= 11 is 0. The fourth-order valence-corrected chi connectivity index (χ4v) is 4.89. The van der Waals surface area contributed by atoms with Crippen molar-refractivity contribution in [3.8, 4) is 0 Å². The molecular formula is C12H25BF7P. The maximum absolute atomic E-state index is 13.8. The molecule has 3 atom stereocenters. The summed E-state index contributed by atoms with van der Waals surface area (Å²) in [6.45, 7) is 5.56. The molecule has 0 fully saturated rings. The van der Waals surface area contributed by atoms with Gasteiger partial charge in [-0.15, -0.1) is 0 Å². The Balaban J connectivity index is 0. The van der Waals surface area contributed by atoms with Crippen LogP contribution in [0, 0.1) is 0 Å². The number of rotatable bonds is 9. The van der Waals surface area contributed by atoms with Gasteiger partial charge in [-0.3, -0.25) is 0 Å². The third-order valence-corrected chi connectivity index (χ3v) is 5.75. The van der Waals surface area contributed by atoms with Crippen LogP contribution in [-0.4, -0.2) is 25.0 Å². The minimum absolute atomic E-state index is 0.308. The van der Waals surface area contributed by atoms with Crippen LogP contribution in [0.5, 0.6) is 0 Å². The van der Waals surface area contributed by atoms with Crippen LogP contribution < -0.4 is 0 Å². The van der Waals surface area contributed by atoms with E-state index in [0.29, 0.717) is 38.5 Å². The van der Waals surface area contributed by atoms with Crippen LogP contribution >= 0.6 is 7.92 Å². The van der Waals surface area contributed by atoms with E-state index < -0.39 is 32.9 Å². The van der Waals surface area contributed by atoms with E-state index in [1.54, 1.807) is 0 Å². The highest BCUT2D eigenvalue weighted by atomic mass is 31.1. The summed E-state index contributed by atoms with van der Waals surface area (Å²) in [6.07, 6.45) is 2.90.